The molecule has 1 fully saturated rings. The summed E-state index contributed by atoms with van der Waals surface area (Å²) in [6.07, 6.45) is 0.0210. The number of carbonyl (C=O) groups is 3. The molecule has 0 unspecified atom stereocenters. The molecule has 32 heavy (non-hydrogen) atoms. The minimum atomic E-state index is -0.867. The van der Waals surface area contributed by atoms with Crippen LogP contribution in [-0.4, -0.2) is 53.7 Å². The van der Waals surface area contributed by atoms with Gasteiger partial charge < -0.3 is 20.1 Å². The van der Waals surface area contributed by atoms with Crippen LogP contribution in [0.4, 0.5) is 4.79 Å². The second-order valence-electron chi connectivity index (χ2n) is 8.76. The van der Waals surface area contributed by atoms with Gasteiger partial charge in [-0.25, -0.2) is 4.79 Å². The van der Waals surface area contributed by atoms with Gasteiger partial charge in [0.1, 0.15) is 12.0 Å². The summed E-state index contributed by atoms with van der Waals surface area (Å²) >= 11 is 0. The van der Waals surface area contributed by atoms with Crippen molar-refractivity contribution in [3.8, 4) is 11.1 Å². The van der Waals surface area contributed by atoms with E-state index >= 15 is 0 Å². The third-order valence-corrected chi connectivity index (χ3v) is 6.66. The zero-order valence-corrected chi connectivity index (χ0v) is 18.3. The molecule has 1 aliphatic carbocycles. The van der Waals surface area contributed by atoms with E-state index in [1.54, 1.807) is 6.92 Å². The van der Waals surface area contributed by atoms with Crippen LogP contribution in [0.5, 0.6) is 0 Å². The first-order valence-corrected chi connectivity index (χ1v) is 11.0. The number of fused-ring (bicyclic) bond motifs is 3. The zero-order valence-electron chi connectivity index (χ0n) is 18.3. The van der Waals surface area contributed by atoms with Crippen molar-refractivity contribution in [3.05, 3.63) is 59.7 Å². The predicted molar refractivity (Wildman–Crippen MR) is 119 cm³/mol. The third-order valence-electron chi connectivity index (χ3n) is 6.66. The highest BCUT2D eigenvalue weighted by Gasteiger charge is 2.49. The van der Waals surface area contributed by atoms with Crippen molar-refractivity contribution in [3.63, 3.8) is 0 Å². The maximum atomic E-state index is 12.4. The lowest BCUT2D eigenvalue weighted by atomic mass is 9.77. The quantitative estimate of drug-likeness (QED) is 0.691. The first-order chi connectivity index (χ1) is 15.3. The number of rotatable bonds is 7. The summed E-state index contributed by atoms with van der Waals surface area (Å²) in [5.41, 5.74) is 3.77. The maximum Gasteiger partial charge on any atom is 0.407 e. The number of amides is 2. The summed E-state index contributed by atoms with van der Waals surface area (Å²) in [7, 11) is 0. The largest absolute Gasteiger partial charge is 0.481 e. The Bertz CT molecular complexity index is 999. The molecule has 1 saturated heterocycles. The van der Waals surface area contributed by atoms with Gasteiger partial charge in [-0.3, -0.25) is 9.59 Å². The number of alkyl carbamates (subject to hydrolysis) is 1. The van der Waals surface area contributed by atoms with Crippen LogP contribution in [-0.2, 0) is 14.3 Å². The van der Waals surface area contributed by atoms with Crippen LogP contribution < -0.4 is 5.32 Å². The fourth-order valence-electron chi connectivity index (χ4n) is 4.65. The average Bonchev–Trinajstić information content (AvgIpc) is 3.05. The number of nitrogens with one attached hydrogen (secondary N) is 1. The second kappa shape index (κ2) is 8.65. The highest BCUT2D eigenvalue weighted by molar-refractivity contribution is 5.84. The van der Waals surface area contributed by atoms with Gasteiger partial charge in [-0.15, -0.1) is 0 Å². The summed E-state index contributed by atoms with van der Waals surface area (Å²) in [6, 6.07) is 15.8. The number of carboxylic acid groups (broad SMARTS) is 1. The van der Waals surface area contributed by atoms with E-state index in [0.717, 1.165) is 22.3 Å². The minimum Gasteiger partial charge on any atom is -0.481 e. The molecular formula is C25H28N2O5. The molecule has 2 N–H and O–H groups in total. The summed E-state index contributed by atoms with van der Waals surface area (Å²) in [6.45, 7) is 4.20. The predicted octanol–water partition coefficient (Wildman–Crippen LogP) is 3.63. The summed E-state index contributed by atoms with van der Waals surface area (Å²) in [5, 5.41) is 12.1. The van der Waals surface area contributed by atoms with Crippen molar-refractivity contribution in [2.24, 2.45) is 5.41 Å². The maximum absolute atomic E-state index is 12.4. The molecule has 0 spiro atoms. The van der Waals surface area contributed by atoms with Crippen molar-refractivity contribution in [2.75, 3.05) is 19.7 Å². The molecule has 7 heteroatoms. The summed E-state index contributed by atoms with van der Waals surface area (Å²) < 4.78 is 5.52. The molecule has 1 aliphatic heterocycles. The molecule has 168 valence electrons. The molecule has 2 aromatic rings. The Morgan fingerprint density at radius 1 is 1.09 bits per heavy atom. The molecule has 2 amide bonds. The van der Waals surface area contributed by atoms with Crippen LogP contribution in [0.25, 0.3) is 11.1 Å². The molecule has 2 aliphatic rings. The fraction of sp³-hybridized carbons (Fsp3) is 0.400. The number of hydrogen-bond donors (Lipinski definition) is 2. The van der Waals surface area contributed by atoms with E-state index in [9.17, 15) is 19.5 Å². The van der Waals surface area contributed by atoms with E-state index in [2.05, 4.69) is 29.6 Å². The Hall–Kier alpha value is -3.35. The molecular weight excluding hydrogens is 408 g/mol. The number of nitrogens with zero attached hydrogens (tertiary/aromatic N) is 1. The van der Waals surface area contributed by atoms with Crippen LogP contribution in [0.15, 0.2) is 48.5 Å². The molecule has 0 aromatic heterocycles. The highest BCUT2D eigenvalue weighted by Crippen LogP contribution is 2.44. The zero-order chi connectivity index (χ0) is 22.9. The van der Waals surface area contributed by atoms with Crippen molar-refractivity contribution < 1.29 is 24.2 Å². The highest BCUT2D eigenvalue weighted by atomic mass is 16.5. The smallest absolute Gasteiger partial charge is 0.407 e. The van der Waals surface area contributed by atoms with Crippen LogP contribution in [0.2, 0.25) is 0 Å². The van der Waals surface area contributed by atoms with E-state index in [0.29, 0.717) is 6.42 Å². The number of aliphatic carboxylic acids is 1. The first-order valence-electron chi connectivity index (χ1n) is 11.0. The number of likely N-dealkylation sites (tertiary alicyclic amines) is 1. The SMILES string of the molecule is CCC1(C(=O)O)CN(C(=O)C[C@@H](C)NC(=O)OCC2c3ccccc3-c3ccccc32)C1. The van der Waals surface area contributed by atoms with Crippen LogP contribution >= 0.6 is 0 Å². The van der Waals surface area contributed by atoms with Gasteiger partial charge in [0.05, 0.1) is 0 Å². The topological polar surface area (TPSA) is 95.9 Å². The standard InChI is InChI=1S/C25H28N2O5/c1-3-25(23(29)30)14-27(15-25)22(28)12-16(2)26-24(31)32-13-21-19-10-6-4-8-17(19)18-9-5-7-11-20(18)21/h4-11,16,21H,3,12-15H2,1-2H3,(H,26,31)(H,29,30)/t16-/m1/s1. The Morgan fingerprint density at radius 3 is 2.19 bits per heavy atom. The van der Waals surface area contributed by atoms with Crippen molar-refractivity contribution in [1.29, 1.82) is 0 Å². The van der Waals surface area contributed by atoms with E-state index in [4.69, 9.17) is 4.74 Å². The Kier molecular flexibility index (Phi) is 5.91. The normalized spacial score (nSPS) is 17.0. The molecule has 7 nitrogen and oxygen atoms in total. The van der Waals surface area contributed by atoms with Crippen molar-refractivity contribution >= 4 is 18.0 Å². The lowest BCUT2D eigenvalue weighted by Gasteiger charge is -2.47. The van der Waals surface area contributed by atoms with Crippen molar-refractivity contribution in [2.45, 2.75) is 38.6 Å². The number of carboxylic acids is 1. The Morgan fingerprint density at radius 2 is 1.66 bits per heavy atom. The van der Waals surface area contributed by atoms with E-state index in [1.165, 1.54) is 4.90 Å². The Balaban J connectivity index is 1.29. The van der Waals surface area contributed by atoms with Crippen LogP contribution in [0, 0.1) is 5.41 Å². The van der Waals surface area contributed by atoms with Crippen LogP contribution in [0.1, 0.15) is 43.7 Å². The number of hydrogen-bond acceptors (Lipinski definition) is 4. The number of carbonyl (C=O) groups excluding carboxylic acids is 2. The Labute approximate surface area is 187 Å². The number of benzene rings is 2. The molecule has 1 atom stereocenters. The second-order valence-corrected chi connectivity index (χ2v) is 8.76. The molecule has 0 radical (unpaired) electrons. The van der Waals surface area contributed by atoms with Gasteiger partial charge in [-0.2, -0.15) is 0 Å². The first kappa shape index (κ1) is 21.9. The lowest BCUT2D eigenvalue weighted by molar-refractivity contribution is -0.166. The van der Waals surface area contributed by atoms with Gasteiger partial charge in [0.2, 0.25) is 5.91 Å². The molecule has 1 heterocycles. The fourth-order valence-corrected chi connectivity index (χ4v) is 4.65. The van der Waals surface area contributed by atoms with Crippen LogP contribution in [0.3, 0.4) is 0 Å². The summed E-state index contributed by atoms with van der Waals surface area (Å²) in [4.78, 5) is 37.7. The monoisotopic (exact) mass is 436 g/mol. The van der Waals surface area contributed by atoms with Gasteiger partial charge in [-0.1, -0.05) is 55.5 Å². The molecule has 0 bridgehead atoms. The average molecular weight is 437 g/mol. The summed E-state index contributed by atoms with van der Waals surface area (Å²) in [5.74, 6) is -1.06. The van der Waals surface area contributed by atoms with Gasteiger partial charge in [0.15, 0.2) is 0 Å². The van der Waals surface area contributed by atoms with Crippen molar-refractivity contribution in [1.82, 2.24) is 10.2 Å². The molecule has 2 aromatic carbocycles. The molecule has 0 saturated carbocycles. The van der Waals surface area contributed by atoms with E-state index in [1.807, 2.05) is 31.2 Å². The lowest BCUT2D eigenvalue weighted by Crippen LogP contribution is -2.62. The van der Waals surface area contributed by atoms with E-state index < -0.39 is 23.5 Å². The van der Waals surface area contributed by atoms with E-state index in [-0.39, 0.29) is 37.9 Å². The number of ether oxygens (including phenoxy) is 1. The van der Waals surface area contributed by atoms with Gasteiger partial charge >= 0.3 is 12.1 Å². The minimum absolute atomic E-state index is 0.0237. The van der Waals surface area contributed by atoms with Gasteiger partial charge in [0.25, 0.3) is 0 Å². The molecule has 4 rings (SSSR count). The van der Waals surface area contributed by atoms with Gasteiger partial charge in [0, 0.05) is 31.5 Å². The third kappa shape index (κ3) is 3.95. The van der Waals surface area contributed by atoms with Gasteiger partial charge in [-0.05, 0) is 35.6 Å².